The molecular weight excluding hydrogens is 362 g/mol. The van der Waals surface area contributed by atoms with Crippen LogP contribution in [0.3, 0.4) is 0 Å². The summed E-state index contributed by atoms with van der Waals surface area (Å²) in [4.78, 5) is 0. The fourth-order valence-electron chi connectivity index (χ4n) is 5.04. The molecule has 0 radical (unpaired) electrons. The first-order valence-electron chi connectivity index (χ1n) is 10.8. The summed E-state index contributed by atoms with van der Waals surface area (Å²) in [6, 6.07) is 15.3. The molecule has 1 nitrogen and oxygen atoms in total. The Hall–Kier alpha value is -2.93. The standard InChI is InChI=1S/C29H31N/c1-16-12-13-24(20(5)17(16)2)26-14-23-10-8-9-11-25(23)27(15-30)29(26)28-21(6)18(3)19(4)22(28)7/h8-15,21,30H,1-7H3. The summed E-state index contributed by atoms with van der Waals surface area (Å²) in [5.41, 5.74) is 14.4. The average Bonchev–Trinajstić information content (AvgIpc) is 2.93. The van der Waals surface area contributed by atoms with E-state index in [1.54, 1.807) is 6.21 Å². The van der Waals surface area contributed by atoms with Crippen LogP contribution in [0.5, 0.6) is 0 Å². The lowest BCUT2D eigenvalue weighted by Crippen LogP contribution is -2.05. The van der Waals surface area contributed by atoms with Crippen molar-refractivity contribution in [1.29, 1.82) is 5.41 Å². The predicted molar refractivity (Wildman–Crippen MR) is 132 cm³/mol. The number of fused-ring (bicyclic) bond motifs is 1. The van der Waals surface area contributed by atoms with Gasteiger partial charge in [-0.25, -0.2) is 0 Å². The Bertz CT molecular complexity index is 1270. The predicted octanol–water partition coefficient (Wildman–Crippen LogP) is 8.19. The first-order chi connectivity index (χ1) is 14.3. The van der Waals surface area contributed by atoms with Crippen molar-refractivity contribution in [1.82, 2.24) is 0 Å². The van der Waals surface area contributed by atoms with Crippen molar-refractivity contribution in [2.45, 2.75) is 48.5 Å². The zero-order valence-electron chi connectivity index (χ0n) is 19.2. The van der Waals surface area contributed by atoms with Crippen LogP contribution in [0.1, 0.15) is 55.5 Å². The van der Waals surface area contributed by atoms with Gasteiger partial charge in [-0.2, -0.15) is 0 Å². The van der Waals surface area contributed by atoms with E-state index in [0.717, 1.165) is 10.9 Å². The van der Waals surface area contributed by atoms with Gasteiger partial charge in [0.2, 0.25) is 0 Å². The van der Waals surface area contributed by atoms with Crippen LogP contribution in [0, 0.1) is 32.1 Å². The monoisotopic (exact) mass is 393 g/mol. The Morgan fingerprint density at radius 3 is 2.13 bits per heavy atom. The highest BCUT2D eigenvalue weighted by molar-refractivity contribution is 6.09. The first-order valence-corrected chi connectivity index (χ1v) is 10.8. The highest BCUT2D eigenvalue weighted by atomic mass is 14.4. The Kier molecular flexibility index (Phi) is 5.02. The lowest BCUT2D eigenvalue weighted by atomic mass is 9.80. The molecule has 1 atom stereocenters. The summed E-state index contributed by atoms with van der Waals surface area (Å²) in [7, 11) is 0. The normalized spacial score (nSPS) is 16.7. The minimum Gasteiger partial charge on any atom is -0.308 e. The van der Waals surface area contributed by atoms with Crippen LogP contribution >= 0.6 is 0 Å². The van der Waals surface area contributed by atoms with Gasteiger partial charge in [0.1, 0.15) is 0 Å². The van der Waals surface area contributed by atoms with Gasteiger partial charge in [0.25, 0.3) is 0 Å². The van der Waals surface area contributed by atoms with Crippen LogP contribution in [-0.2, 0) is 0 Å². The minimum absolute atomic E-state index is 0.357. The molecule has 3 aromatic rings. The second kappa shape index (κ2) is 7.40. The van der Waals surface area contributed by atoms with Gasteiger partial charge in [-0.3, -0.25) is 0 Å². The largest absolute Gasteiger partial charge is 0.308 e. The van der Waals surface area contributed by atoms with E-state index >= 15 is 0 Å². The van der Waals surface area contributed by atoms with E-state index in [1.807, 2.05) is 0 Å². The van der Waals surface area contributed by atoms with Crippen molar-refractivity contribution in [2.24, 2.45) is 5.92 Å². The minimum atomic E-state index is 0.357. The number of hydrogen-bond acceptors (Lipinski definition) is 1. The van der Waals surface area contributed by atoms with E-state index in [-0.39, 0.29) is 0 Å². The molecule has 0 bridgehead atoms. The van der Waals surface area contributed by atoms with Crippen LogP contribution in [0.15, 0.2) is 59.2 Å². The zero-order valence-corrected chi connectivity index (χ0v) is 19.2. The van der Waals surface area contributed by atoms with Crippen LogP contribution in [0.4, 0.5) is 0 Å². The molecule has 0 heterocycles. The van der Waals surface area contributed by atoms with Crippen molar-refractivity contribution in [3.8, 4) is 11.1 Å². The molecular formula is C29H31N. The lowest BCUT2D eigenvalue weighted by molar-refractivity contribution is 0.895. The van der Waals surface area contributed by atoms with E-state index in [9.17, 15) is 0 Å². The molecule has 3 aromatic carbocycles. The molecule has 1 aliphatic carbocycles. The molecule has 0 fully saturated rings. The number of hydrogen-bond donors (Lipinski definition) is 1. The molecule has 1 N–H and O–H groups in total. The summed E-state index contributed by atoms with van der Waals surface area (Å²) < 4.78 is 0. The third-order valence-corrected chi connectivity index (χ3v) is 7.49. The molecule has 0 saturated heterocycles. The van der Waals surface area contributed by atoms with Crippen molar-refractivity contribution in [2.75, 3.05) is 0 Å². The number of benzene rings is 3. The van der Waals surface area contributed by atoms with Crippen LogP contribution < -0.4 is 0 Å². The topological polar surface area (TPSA) is 23.9 Å². The quantitative estimate of drug-likeness (QED) is 0.434. The smallest absolute Gasteiger partial charge is 0.0262 e. The fourth-order valence-corrected chi connectivity index (χ4v) is 5.04. The van der Waals surface area contributed by atoms with E-state index in [2.05, 4.69) is 90.9 Å². The number of allylic oxidation sites excluding steroid dienone is 4. The van der Waals surface area contributed by atoms with E-state index in [4.69, 9.17) is 5.41 Å². The Balaban J connectivity index is 2.18. The summed E-state index contributed by atoms with van der Waals surface area (Å²) in [6.45, 7) is 15.7. The van der Waals surface area contributed by atoms with Crippen LogP contribution in [0.25, 0.3) is 27.5 Å². The molecule has 0 aliphatic heterocycles. The summed E-state index contributed by atoms with van der Waals surface area (Å²) in [6.07, 6.45) is 1.56. The summed E-state index contributed by atoms with van der Waals surface area (Å²) in [5, 5.41) is 10.7. The maximum atomic E-state index is 8.39. The third kappa shape index (κ3) is 2.88. The molecule has 0 amide bonds. The summed E-state index contributed by atoms with van der Waals surface area (Å²) >= 11 is 0. The second-order valence-corrected chi connectivity index (χ2v) is 8.83. The molecule has 152 valence electrons. The molecule has 0 spiro atoms. The van der Waals surface area contributed by atoms with E-state index in [0.29, 0.717) is 5.92 Å². The molecule has 1 aliphatic rings. The van der Waals surface area contributed by atoms with E-state index in [1.165, 1.54) is 61.1 Å². The van der Waals surface area contributed by atoms with Gasteiger partial charge >= 0.3 is 0 Å². The van der Waals surface area contributed by atoms with Gasteiger partial charge < -0.3 is 5.41 Å². The van der Waals surface area contributed by atoms with Crippen molar-refractivity contribution in [3.63, 3.8) is 0 Å². The SMILES string of the molecule is CC1=C(C)C(C)C(c2c(-c3ccc(C)c(C)c3C)cc3ccccc3c2C=N)=C1C. The van der Waals surface area contributed by atoms with Crippen molar-refractivity contribution < 1.29 is 0 Å². The van der Waals surface area contributed by atoms with Crippen LogP contribution in [-0.4, -0.2) is 6.21 Å². The van der Waals surface area contributed by atoms with Gasteiger partial charge in [0.05, 0.1) is 0 Å². The fraction of sp³-hybridized carbons (Fsp3) is 0.276. The number of nitrogens with one attached hydrogen (secondary N) is 1. The molecule has 1 heteroatoms. The molecule has 0 aromatic heterocycles. The van der Waals surface area contributed by atoms with Gasteiger partial charge in [0.15, 0.2) is 0 Å². The number of rotatable bonds is 3. The molecule has 30 heavy (non-hydrogen) atoms. The van der Waals surface area contributed by atoms with Gasteiger partial charge in [-0.15, -0.1) is 0 Å². The average molecular weight is 394 g/mol. The Morgan fingerprint density at radius 2 is 1.50 bits per heavy atom. The van der Waals surface area contributed by atoms with Crippen molar-refractivity contribution in [3.05, 3.63) is 87.0 Å². The number of aryl methyl sites for hydroxylation is 1. The molecule has 0 saturated carbocycles. The lowest BCUT2D eigenvalue weighted by Gasteiger charge is -2.23. The third-order valence-electron chi connectivity index (χ3n) is 7.49. The maximum Gasteiger partial charge on any atom is 0.0262 e. The Morgan fingerprint density at radius 1 is 0.800 bits per heavy atom. The highest BCUT2D eigenvalue weighted by Gasteiger charge is 2.29. The summed E-state index contributed by atoms with van der Waals surface area (Å²) in [5.74, 6) is 0.357. The maximum absolute atomic E-state index is 8.39. The molecule has 4 rings (SSSR count). The Labute approximate surface area is 180 Å². The first kappa shape index (κ1) is 20.3. The van der Waals surface area contributed by atoms with Crippen LogP contribution in [0.2, 0.25) is 0 Å². The highest BCUT2D eigenvalue weighted by Crippen LogP contribution is 2.48. The second-order valence-electron chi connectivity index (χ2n) is 8.83. The van der Waals surface area contributed by atoms with Crippen molar-refractivity contribution >= 4 is 22.6 Å². The zero-order chi connectivity index (χ0) is 21.7. The van der Waals surface area contributed by atoms with Gasteiger partial charge in [-0.05, 0) is 108 Å². The molecule has 1 unspecified atom stereocenters. The van der Waals surface area contributed by atoms with Gasteiger partial charge in [0, 0.05) is 17.7 Å². The van der Waals surface area contributed by atoms with Gasteiger partial charge in [-0.1, -0.05) is 48.9 Å². The van der Waals surface area contributed by atoms with E-state index < -0.39 is 0 Å².